The molecule has 0 saturated heterocycles. The Bertz CT molecular complexity index is 820. The van der Waals surface area contributed by atoms with Crippen molar-refractivity contribution in [2.45, 2.75) is 19.9 Å². The number of nitrogens with one attached hydrogen (secondary N) is 2. The summed E-state index contributed by atoms with van der Waals surface area (Å²) in [4.78, 5) is 4.37. The number of anilines is 2. The maximum atomic E-state index is 13.6. The molecule has 5 nitrogen and oxygen atoms in total. The van der Waals surface area contributed by atoms with Crippen LogP contribution in [0.2, 0.25) is 0 Å². The second-order valence-corrected chi connectivity index (χ2v) is 5.77. The maximum absolute atomic E-state index is 13.6. The molecule has 0 amide bonds. The van der Waals surface area contributed by atoms with E-state index in [2.05, 4.69) is 57.0 Å². The van der Waals surface area contributed by atoms with Crippen LogP contribution in [-0.2, 0) is 13.0 Å². The van der Waals surface area contributed by atoms with Gasteiger partial charge in [-0.2, -0.15) is 10.1 Å². The van der Waals surface area contributed by atoms with Gasteiger partial charge in [0.1, 0.15) is 5.82 Å². The van der Waals surface area contributed by atoms with E-state index in [0.29, 0.717) is 36.8 Å². The summed E-state index contributed by atoms with van der Waals surface area (Å²) in [6.07, 6.45) is 2.13. The summed E-state index contributed by atoms with van der Waals surface area (Å²) >= 11 is 0. The molecule has 0 atom stereocenters. The van der Waals surface area contributed by atoms with Crippen LogP contribution in [0.5, 0.6) is 0 Å². The Hall–Kier alpha value is -3.02. The fourth-order valence-corrected chi connectivity index (χ4v) is 2.38. The number of nitrogens with zero attached hydrogens (tertiary/aromatic N) is 3. The lowest BCUT2D eigenvalue weighted by Crippen LogP contribution is -2.10. The van der Waals surface area contributed by atoms with Gasteiger partial charge in [-0.1, -0.05) is 48.0 Å². The van der Waals surface area contributed by atoms with E-state index in [4.69, 9.17) is 0 Å². The molecule has 0 spiro atoms. The molecule has 0 aliphatic heterocycles. The van der Waals surface area contributed by atoms with Crippen molar-refractivity contribution in [1.29, 1.82) is 0 Å². The zero-order chi connectivity index (χ0) is 17.5. The van der Waals surface area contributed by atoms with E-state index in [9.17, 15) is 4.39 Å². The molecule has 2 N–H and O–H groups in total. The van der Waals surface area contributed by atoms with Gasteiger partial charge in [0.25, 0.3) is 0 Å². The lowest BCUT2D eigenvalue weighted by Gasteiger charge is -2.08. The molecule has 0 fully saturated rings. The number of aromatic nitrogens is 3. The Morgan fingerprint density at radius 3 is 2.60 bits per heavy atom. The highest BCUT2D eigenvalue weighted by Gasteiger charge is 2.03. The Morgan fingerprint density at radius 2 is 1.80 bits per heavy atom. The van der Waals surface area contributed by atoms with Crippen LogP contribution in [0.15, 0.2) is 54.7 Å². The normalized spacial score (nSPS) is 10.5. The van der Waals surface area contributed by atoms with Crippen molar-refractivity contribution in [3.63, 3.8) is 0 Å². The van der Waals surface area contributed by atoms with E-state index < -0.39 is 0 Å². The first-order valence-electron chi connectivity index (χ1n) is 8.17. The van der Waals surface area contributed by atoms with Gasteiger partial charge in [-0.3, -0.25) is 0 Å². The highest BCUT2D eigenvalue weighted by atomic mass is 19.1. The van der Waals surface area contributed by atoms with Crippen LogP contribution in [0.25, 0.3) is 0 Å². The molecule has 0 radical (unpaired) electrons. The average molecular weight is 337 g/mol. The molecular formula is C19H20FN5. The molecule has 0 unspecified atom stereocenters. The molecule has 3 rings (SSSR count). The largest absolute Gasteiger partial charge is 0.368 e. The van der Waals surface area contributed by atoms with Crippen molar-refractivity contribution in [2.24, 2.45) is 0 Å². The third-order valence-corrected chi connectivity index (χ3v) is 3.79. The van der Waals surface area contributed by atoms with Crippen LogP contribution < -0.4 is 10.6 Å². The van der Waals surface area contributed by atoms with Gasteiger partial charge in [-0.15, -0.1) is 5.10 Å². The molecule has 2 aromatic carbocycles. The van der Waals surface area contributed by atoms with Gasteiger partial charge in [-0.25, -0.2) is 4.39 Å². The van der Waals surface area contributed by atoms with Gasteiger partial charge < -0.3 is 10.6 Å². The SMILES string of the molecule is Cc1ccc(CNc2nncc(NCCc3ccccc3F)n2)cc1. The summed E-state index contributed by atoms with van der Waals surface area (Å²) in [5.74, 6) is 0.875. The van der Waals surface area contributed by atoms with Crippen molar-refractivity contribution in [1.82, 2.24) is 15.2 Å². The van der Waals surface area contributed by atoms with E-state index >= 15 is 0 Å². The van der Waals surface area contributed by atoms with Gasteiger partial charge in [0.05, 0.1) is 6.20 Å². The van der Waals surface area contributed by atoms with Gasteiger partial charge in [0.15, 0.2) is 5.82 Å². The lowest BCUT2D eigenvalue weighted by atomic mass is 10.1. The predicted octanol–water partition coefficient (Wildman–Crippen LogP) is 3.59. The Kier molecular flexibility index (Phi) is 5.51. The van der Waals surface area contributed by atoms with Crippen LogP contribution in [0.1, 0.15) is 16.7 Å². The number of aryl methyl sites for hydroxylation is 1. The van der Waals surface area contributed by atoms with Gasteiger partial charge in [-0.05, 0) is 30.5 Å². The third-order valence-electron chi connectivity index (χ3n) is 3.79. The predicted molar refractivity (Wildman–Crippen MR) is 96.9 cm³/mol. The fraction of sp³-hybridized carbons (Fsp3) is 0.211. The first-order chi connectivity index (χ1) is 12.2. The lowest BCUT2D eigenvalue weighted by molar-refractivity contribution is 0.610. The van der Waals surface area contributed by atoms with Crippen LogP contribution in [-0.4, -0.2) is 21.7 Å². The summed E-state index contributed by atoms with van der Waals surface area (Å²) < 4.78 is 13.6. The topological polar surface area (TPSA) is 62.7 Å². The highest BCUT2D eigenvalue weighted by molar-refractivity contribution is 5.38. The number of rotatable bonds is 7. The second-order valence-electron chi connectivity index (χ2n) is 5.77. The minimum atomic E-state index is -0.189. The first-order valence-corrected chi connectivity index (χ1v) is 8.17. The van der Waals surface area contributed by atoms with E-state index in [1.54, 1.807) is 18.3 Å². The van der Waals surface area contributed by atoms with Crippen LogP contribution >= 0.6 is 0 Å². The van der Waals surface area contributed by atoms with Gasteiger partial charge in [0, 0.05) is 13.1 Å². The van der Waals surface area contributed by atoms with Crippen molar-refractivity contribution in [3.05, 3.63) is 77.2 Å². The van der Waals surface area contributed by atoms with E-state index in [-0.39, 0.29) is 5.82 Å². The standard InChI is InChI=1S/C19H20FN5/c1-14-6-8-15(9-7-14)12-22-19-24-18(13-23-25-19)21-11-10-16-4-2-3-5-17(16)20/h2-9,13H,10-12H2,1H3,(H2,21,22,24,25). The summed E-state index contributed by atoms with van der Waals surface area (Å²) in [7, 11) is 0. The summed E-state index contributed by atoms with van der Waals surface area (Å²) in [6.45, 7) is 3.25. The van der Waals surface area contributed by atoms with Crippen molar-refractivity contribution in [2.75, 3.05) is 17.2 Å². The van der Waals surface area contributed by atoms with Crippen molar-refractivity contribution < 1.29 is 4.39 Å². The molecule has 1 heterocycles. The van der Waals surface area contributed by atoms with Crippen molar-refractivity contribution in [3.8, 4) is 0 Å². The maximum Gasteiger partial charge on any atom is 0.244 e. The molecule has 25 heavy (non-hydrogen) atoms. The number of benzene rings is 2. The zero-order valence-corrected chi connectivity index (χ0v) is 14.0. The number of halogens is 1. The number of hydrogen-bond acceptors (Lipinski definition) is 5. The molecule has 1 aromatic heterocycles. The van der Waals surface area contributed by atoms with Gasteiger partial charge in [0.2, 0.25) is 5.95 Å². The molecule has 3 aromatic rings. The zero-order valence-electron chi connectivity index (χ0n) is 14.0. The average Bonchev–Trinajstić information content (AvgIpc) is 2.63. The Labute approximate surface area is 146 Å². The van der Waals surface area contributed by atoms with E-state index in [0.717, 1.165) is 5.56 Å². The quantitative estimate of drug-likeness (QED) is 0.690. The van der Waals surface area contributed by atoms with Crippen LogP contribution in [0.4, 0.5) is 16.2 Å². The molecular weight excluding hydrogens is 317 g/mol. The monoisotopic (exact) mass is 337 g/mol. The van der Waals surface area contributed by atoms with E-state index in [1.807, 2.05) is 6.07 Å². The molecule has 128 valence electrons. The first kappa shape index (κ1) is 16.8. The molecule has 0 aliphatic rings. The summed E-state index contributed by atoms with van der Waals surface area (Å²) in [5, 5.41) is 14.2. The Morgan fingerprint density at radius 1 is 1.00 bits per heavy atom. The van der Waals surface area contributed by atoms with Crippen LogP contribution in [0, 0.1) is 12.7 Å². The fourth-order valence-electron chi connectivity index (χ4n) is 2.38. The summed E-state index contributed by atoms with van der Waals surface area (Å²) in [6, 6.07) is 15.0. The van der Waals surface area contributed by atoms with Crippen molar-refractivity contribution >= 4 is 11.8 Å². The summed E-state index contributed by atoms with van der Waals surface area (Å²) in [5.41, 5.74) is 3.05. The molecule has 0 aliphatic carbocycles. The Balaban J connectivity index is 1.52. The number of hydrogen-bond donors (Lipinski definition) is 2. The molecule has 6 heteroatoms. The minimum Gasteiger partial charge on any atom is -0.368 e. The van der Waals surface area contributed by atoms with Gasteiger partial charge >= 0.3 is 0 Å². The third kappa shape index (κ3) is 4.97. The molecule has 0 saturated carbocycles. The van der Waals surface area contributed by atoms with Crippen LogP contribution in [0.3, 0.4) is 0 Å². The molecule has 0 bridgehead atoms. The minimum absolute atomic E-state index is 0.189. The highest BCUT2D eigenvalue weighted by Crippen LogP contribution is 2.10. The van der Waals surface area contributed by atoms with E-state index in [1.165, 1.54) is 11.6 Å². The smallest absolute Gasteiger partial charge is 0.244 e. The second kappa shape index (κ2) is 8.19.